The van der Waals surface area contributed by atoms with Crippen LogP contribution >= 0.6 is 0 Å². The van der Waals surface area contributed by atoms with Crippen LogP contribution in [0.5, 0.6) is 0 Å². The maximum Gasteiger partial charge on any atom is 0.300 e. The van der Waals surface area contributed by atoms with E-state index in [0.717, 1.165) is 22.1 Å². The molecule has 0 atom stereocenters. The molecule has 0 rings (SSSR count). The van der Waals surface area contributed by atoms with Crippen molar-refractivity contribution in [2.45, 2.75) is 18.5 Å². The van der Waals surface area contributed by atoms with Crippen molar-refractivity contribution in [3.8, 4) is 0 Å². The molecule has 7 heavy (non-hydrogen) atoms. The van der Waals surface area contributed by atoms with Crippen LogP contribution in [0.3, 0.4) is 0 Å². The second-order valence-corrected chi connectivity index (χ2v) is 2.25. The van der Waals surface area contributed by atoms with Crippen molar-refractivity contribution in [2.24, 2.45) is 0 Å². The lowest BCUT2D eigenvalue weighted by molar-refractivity contribution is -0.134. The second-order valence-electron chi connectivity index (χ2n) is 1.10. The van der Waals surface area contributed by atoms with Crippen LogP contribution in [0.4, 0.5) is 0 Å². The molecule has 0 aromatic carbocycles. The molecule has 0 aliphatic carbocycles. The lowest BCUT2D eigenvalue weighted by Gasteiger charge is -1.59. The van der Waals surface area contributed by atoms with Crippen LogP contribution in [-0.2, 0) is 4.79 Å². The van der Waals surface area contributed by atoms with Crippen molar-refractivity contribution >= 4 is 21.2 Å². The van der Waals surface area contributed by atoms with Crippen molar-refractivity contribution < 1.29 is 9.90 Å². The number of hydrogen-bond donors (Lipinski definition) is 1. The minimum atomic E-state index is -0.833. The summed E-state index contributed by atoms with van der Waals surface area (Å²) in [5, 5.41) is 7.42. The third-order valence-corrected chi connectivity index (χ3v) is 0. The first kappa shape index (κ1) is 10.1. The SMILES string of the molecule is CC(=O)O.[CH3][Al][CH3]. The highest BCUT2D eigenvalue weighted by Crippen LogP contribution is 1.42. The zero-order chi connectivity index (χ0) is 6.28. The van der Waals surface area contributed by atoms with E-state index < -0.39 is 5.97 Å². The predicted molar refractivity (Wildman–Crippen MR) is 30.8 cm³/mol. The highest BCUT2D eigenvalue weighted by Gasteiger charge is 1.65. The van der Waals surface area contributed by atoms with Gasteiger partial charge in [0.1, 0.15) is 0 Å². The maximum atomic E-state index is 9.00. The van der Waals surface area contributed by atoms with Crippen LogP contribution in [0, 0.1) is 0 Å². The molecule has 0 aliphatic heterocycles. The van der Waals surface area contributed by atoms with Gasteiger partial charge in [0.15, 0.2) is 15.2 Å². The number of carboxylic acids is 1. The molecule has 0 heterocycles. The van der Waals surface area contributed by atoms with Crippen LogP contribution in [-0.4, -0.2) is 26.3 Å². The molecule has 0 saturated heterocycles. The minimum absolute atomic E-state index is 0.750. The van der Waals surface area contributed by atoms with Crippen molar-refractivity contribution in [3.63, 3.8) is 0 Å². The molecule has 0 aromatic rings. The first-order chi connectivity index (χ1) is 3.15. The summed E-state index contributed by atoms with van der Waals surface area (Å²) in [5.74, 6) is 3.58. The van der Waals surface area contributed by atoms with Crippen molar-refractivity contribution in [1.82, 2.24) is 0 Å². The fourth-order valence-corrected chi connectivity index (χ4v) is 0. The summed E-state index contributed by atoms with van der Waals surface area (Å²) in [7, 11) is 0. The van der Waals surface area contributed by atoms with Gasteiger partial charge in [-0.3, -0.25) is 4.79 Å². The number of aliphatic carboxylic acids is 1. The molecule has 41 valence electrons. The fraction of sp³-hybridized carbons (Fsp3) is 0.750. The number of carbonyl (C=O) groups is 1. The van der Waals surface area contributed by atoms with E-state index in [1.54, 1.807) is 0 Å². The average Bonchev–Trinajstić information content (AvgIpc) is 1.33. The smallest absolute Gasteiger partial charge is 0.300 e. The molecule has 0 aromatic heterocycles. The van der Waals surface area contributed by atoms with E-state index in [9.17, 15) is 0 Å². The van der Waals surface area contributed by atoms with E-state index in [-0.39, 0.29) is 0 Å². The molecule has 0 fully saturated rings. The van der Waals surface area contributed by atoms with Crippen molar-refractivity contribution in [1.29, 1.82) is 0 Å². The van der Waals surface area contributed by atoms with Gasteiger partial charge >= 0.3 is 0 Å². The summed E-state index contributed by atoms with van der Waals surface area (Å²) in [4.78, 5) is 9.00. The van der Waals surface area contributed by atoms with Gasteiger partial charge in [0, 0.05) is 6.92 Å². The van der Waals surface area contributed by atoms with E-state index in [4.69, 9.17) is 9.90 Å². The molecular weight excluding hydrogens is 107 g/mol. The van der Waals surface area contributed by atoms with E-state index in [1.807, 2.05) is 0 Å². The summed E-state index contributed by atoms with van der Waals surface area (Å²) in [5.41, 5.74) is 0. The molecule has 0 spiro atoms. The Kier molecular flexibility index (Phi) is 13.5. The Morgan fingerprint density at radius 2 is 1.57 bits per heavy atom. The zero-order valence-electron chi connectivity index (χ0n) is 4.93. The van der Waals surface area contributed by atoms with Gasteiger partial charge in [0.2, 0.25) is 0 Å². The Morgan fingerprint density at radius 1 is 1.57 bits per heavy atom. The molecule has 0 saturated carbocycles. The van der Waals surface area contributed by atoms with Gasteiger partial charge in [-0.2, -0.15) is 0 Å². The first-order valence-electron chi connectivity index (χ1n) is 2.08. The van der Waals surface area contributed by atoms with Crippen LogP contribution in [0.1, 0.15) is 6.92 Å². The van der Waals surface area contributed by atoms with Gasteiger partial charge in [-0.05, 0) is 0 Å². The number of carboxylic acid groups (broad SMARTS) is 1. The lowest BCUT2D eigenvalue weighted by Crippen LogP contribution is -1.78. The summed E-state index contributed by atoms with van der Waals surface area (Å²) >= 11 is 0.750. The quantitative estimate of drug-likeness (QED) is 0.478. The van der Waals surface area contributed by atoms with Gasteiger partial charge in [-0.1, -0.05) is 0 Å². The van der Waals surface area contributed by atoms with Crippen molar-refractivity contribution in [2.75, 3.05) is 0 Å². The summed E-state index contributed by atoms with van der Waals surface area (Å²) in [6.07, 6.45) is 0. The van der Waals surface area contributed by atoms with Crippen LogP contribution < -0.4 is 0 Å². The van der Waals surface area contributed by atoms with Gasteiger partial charge in [0.05, 0.1) is 0 Å². The zero-order valence-corrected chi connectivity index (χ0v) is 6.09. The lowest BCUT2D eigenvalue weighted by atomic mass is 10.9. The Hall–Kier alpha value is 0.00247. The second kappa shape index (κ2) is 9.38. The van der Waals surface area contributed by atoms with Crippen molar-refractivity contribution in [3.05, 3.63) is 0 Å². The van der Waals surface area contributed by atoms with Gasteiger partial charge in [-0.15, -0.1) is 11.6 Å². The highest BCUT2D eigenvalue weighted by molar-refractivity contribution is 6.31. The average molecular weight is 117 g/mol. The van der Waals surface area contributed by atoms with E-state index in [0.29, 0.717) is 0 Å². The minimum Gasteiger partial charge on any atom is -0.481 e. The van der Waals surface area contributed by atoms with Crippen LogP contribution in [0.25, 0.3) is 0 Å². The highest BCUT2D eigenvalue weighted by atomic mass is 27.1. The van der Waals surface area contributed by atoms with Gasteiger partial charge < -0.3 is 5.11 Å². The van der Waals surface area contributed by atoms with Crippen LogP contribution in [0.2, 0.25) is 11.6 Å². The monoisotopic (exact) mass is 117 g/mol. The molecule has 0 bridgehead atoms. The number of hydrogen-bond acceptors (Lipinski definition) is 1. The third-order valence-electron chi connectivity index (χ3n) is 0. The Bertz CT molecular complexity index is 41.0. The summed E-state index contributed by atoms with van der Waals surface area (Å²) in [6, 6.07) is 0. The first-order valence-corrected chi connectivity index (χ1v) is 4.39. The molecule has 3 heteroatoms. The molecule has 0 aliphatic rings. The molecule has 1 N–H and O–H groups in total. The van der Waals surface area contributed by atoms with E-state index >= 15 is 0 Å². The molecule has 0 unspecified atom stereocenters. The summed E-state index contributed by atoms with van der Waals surface area (Å²) in [6.45, 7) is 1.08. The van der Waals surface area contributed by atoms with Gasteiger partial charge in [0.25, 0.3) is 5.97 Å². The predicted octanol–water partition coefficient (Wildman–Crippen LogP) is 0.878. The topological polar surface area (TPSA) is 37.3 Å². The Morgan fingerprint density at radius 3 is 1.57 bits per heavy atom. The number of rotatable bonds is 0. The molecular formula is C4H10AlO2. The standard InChI is InChI=1S/C2H4O2.2CH3.Al/c1-2(3)4;;;/h1H3,(H,3,4);2*1H3;. The third kappa shape index (κ3) is 15800000. The Labute approximate surface area is 50.3 Å². The normalized spacial score (nSPS) is 5.57. The molecule has 1 radical (unpaired) electrons. The molecule has 0 amide bonds. The molecule has 2 nitrogen and oxygen atoms in total. The Balaban J connectivity index is 0. The van der Waals surface area contributed by atoms with E-state index in [2.05, 4.69) is 11.6 Å². The van der Waals surface area contributed by atoms with E-state index in [1.165, 1.54) is 0 Å². The summed E-state index contributed by atoms with van der Waals surface area (Å²) < 4.78 is 0. The maximum absolute atomic E-state index is 9.00. The largest absolute Gasteiger partial charge is 0.481 e. The fourth-order valence-electron chi connectivity index (χ4n) is 0. The van der Waals surface area contributed by atoms with Gasteiger partial charge in [-0.25, -0.2) is 0 Å². The van der Waals surface area contributed by atoms with Crippen LogP contribution in [0.15, 0.2) is 0 Å².